The highest BCUT2D eigenvalue weighted by atomic mass is 16.7. The summed E-state index contributed by atoms with van der Waals surface area (Å²) in [6.07, 6.45) is -0.0969. The van der Waals surface area contributed by atoms with Crippen LogP contribution in [0.5, 0.6) is 17.2 Å². The minimum Gasteiger partial charge on any atom is -0.508 e. The van der Waals surface area contributed by atoms with Gasteiger partial charge in [0.2, 0.25) is 6.79 Å². The van der Waals surface area contributed by atoms with Crippen LogP contribution >= 0.6 is 0 Å². The van der Waals surface area contributed by atoms with E-state index in [0.29, 0.717) is 17.1 Å². The van der Waals surface area contributed by atoms with E-state index in [2.05, 4.69) is 0 Å². The number of rotatable bonds is 3. The van der Waals surface area contributed by atoms with Gasteiger partial charge in [0, 0.05) is 11.0 Å². The lowest BCUT2D eigenvalue weighted by Gasteiger charge is -2.25. The van der Waals surface area contributed by atoms with E-state index in [0.717, 1.165) is 0 Å². The van der Waals surface area contributed by atoms with Crippen molar-refractivity contribution >= 4 is 5.97 Å². The van der Waals surface area contributed by atoms with Crippen molar-refractivity contribution in [2.45, 2.75) is 25.7 Å². The van der Waals surface area contributed by atoms with Gasteiger partial charge in [-0.1, -0.05) is 13.8 Å². The van der Waals surface area contributed by atoms with Crippen molar-refractivity contribution < 1.29 is 24.5 Å². The van der Waals surface area contributed by atoms with E-state index >= 15 is 0 Å². The number of ether oxygens (including phenoxy) is 2. The van der Waals surface area contributed by atoms with Crippen molar-refractivity contribution in [3.05, 3.63) is 17.7 Å². The molecule has 17 heavy (non-hydrogen) atoms. The second-order valence-electron chi connectivity index (χ2n) is 4.65. The van der Waals surface area contributed by atoms with E-state index < -0.39 is 11.4 Å². The summed E-state index contributed by atoms with van der Waals surface area (Å²) in [5, 5.41) is 18.8. The van der Waals surface area contributed by atoms with E-state index in [4.69, 9.17) is 14.6 Å². The fourth-order valence-corrected chi connectivity index (χ4v) is 2.08. The maximum Gasteiger partial charge on any atom is 0.304 e. The lowest BCUT2D eigenvalue weighted by atomic mass is 9.80. The SMILES string of the molecule is CC(C)(CC(=O)O)c1c(O)ccc2c1OCO2. The number of benzene rings is 1. The molecule has 1 aromatic carbocycles. The number of phenols is 1. The first kappa shape index (κ1) is 11.6. The molecule has 2 N–H and O–H groups in total. The molecule has 0 radical (unpaired) electrons. The standard InChI is InChI=1S/C12H14O5/c1-12(2,5-9(14)15)10-7(13)3-4-8-11(10)17-6-16-8/h3-4,13H,5-6H2,1-2H3,(H,14,15). The van der Waals surface area contributed by atoms with E-state index in [1.165, 1.54) is 6.07 Å². The molecule has 0 spiro atoms. The van der Waals surface area contributed by atoms with Crippen molar-refractivity contribution in [3.8, 4) is 17.2 Å². The van der Waals surface area contributed by atoms with E-state index in [1.54, 1.807) is 19.9 Å². The van der Waals surface area contributed by atoms with Crippen molar-refractivity contribution in [1.29, 1.82) is 0 Å². The molecule has 0 aliphatic carbocycles. The third-order valence-electron chi connectivity index (χ3n) is 2.79. The molecule has 5 nitrogen and oxygen atoms in total. The Kier molecular flexibility index (Phi) is 2.61. The zero-order chi connectivity index (χ0) is 12.6. The van der Waals surface area contributed by atoms with Crippen LogP contribution in [0.4, 0.5) is 0 Å². The van der Waals surface area contributed by atoms with Gasteiger partial charge in [0.15, 0.2) is 11.5 Å². The second-order valence-corrected chi connectivity index (χ2v) is 4.65. The van der Waals surface area contributed by atoms with E-state index in [1.807, 2.05) is 0 Å². The van der Waals surface area contributed by atoms with Crippen LogP contribution in [-0.2, 0) is 10.2 Å². The van der Waals surface area contributed by atoms with Gasteiger partial charge in [-0.15, -0.1) is 0 Å². The number of carboxylic acids is 1. The number of phenolic OH excluding ortho intramolecular Hbond substituents is 1. The summed E-state index contributed by atoms with van der Waals surface area (Å²) < 4.78 is 10.5. The first-order valence-corrected chi connectivity index (χ1v) is 5.25. The van der Waals surface area contributed by atoms with Gasteiger partial charge < -0.3 is 19.7 Å². The number of hydrogen-bond acceptors (Lipinski definition) is 4. The fraction of sp³-hybridized carbons (Fsp3) is 0.417. The minimum absolute atomic E-state index is 0.0282. The Morgan fingerprint density at radius 3 is 2.76 bits per heavy atom. The van der Waals surface area contributed by atoms with Gasteiger partial charge in [-0.05, 0) is 12.1 Å². The van der Waals surface area contributed by atoms with Crippen molar-refractivity contribution in [3.63, 3.8) is 0 Å². The minimum atomic E-state index is -0.925. The molecule has 0 saturated heterocycles. The number of carboxylic acid groups (broad SMARTS) is 1. The molecule has 0 atom stereocenters. The second kappa shape index (κ2) is 3.84. The van der Waals surface area contributed by atoms with Crippen LogP contribution in [0.2, 0.25) is 0 Å². The lowest BCUT2D eigenvalue weighted by Crippen LogP contribution is -2.22. The number of fused-ring (bicyclic) bond motifs is 1. The zero-order valence-corrected chi connectivity index (χ0v) is 9.69. The summed E-state index contributed by atoms with van der Waals surface area (Å²) in [5.74, 6) is 0.0823. The van der Waals surface area contributed by atoms with Gasteiger partial charge in [-0.2, -0.15) is 0 Å². The highest BCUT2D eigenvalue weighted by Crippen LogP contribution is 2.47. The Hall–Kier alpha value is -1.91. The van der Waals surface area contributed by atoms with Crippen molar-refractivity contribution in [2.24, 2.45) is 0 Å². The maximum atomic E-state index is 10.8. The lowest BCUT2D eigenvalue weighted by molar-refractivity contribution is -0.138. The third-order valence-corrected chi connectivity index (χ3v) is 2.79. The Morgan fingerprint density at radius 2 is 2.12 bits per heavy atom. The maximum absolute atomic E-state index is 10.8. The van der Waals surface area contributed by atoms with Gasteiger partial charge in [-0.3, -0.25) is 4.79 Å². The molecule has 0 amide bonds. The summed E-state index contributed by atoms with van der Waals surface area (Å²) in [6, 6.07) is 3.10. The predicted molar refractivity (Wildman–Crippen MR) is 59.5 cm³/mol. The molecule has 1 aliphatic rings. The molecule has 2 rings (SSSR count). The molecule has 0 fully saturated rings. The van der Waals surface area contributed by atoms with Gasteiger partial charge in [-0.25, -0.2) is 0 Å². The normalized spacial score (nSPS) is 13.8. The molecule has 1 aromatic rings. The van der Waals surface area contributed by atoms with Gasteiger partial charge in [0.25, 0.3) is 0 Å². The quantitative estimate of drug-likeness (QED) is 0.840. The Balaban J connectivity index is 2.51. The van der Waals surface area contributed by atoms with Gasteiger partial charge in [0.05, 0.1) is 6.42 Å². The number of aliphatic carboxylic acids is 1. The summed E-state index contributed by atoms with van der Waals surface area (Å²) in [4.78, 5) is 10.8. The van der Waals surface area contributed by atoms with Crippen LogP contribution in [0.25, 0.3) is 0 Å². The molecule has 1 heterocycles. The van der Waals surface area contributed by atoms with Crippen molar-refractivity contribution in [2.75, 3.05) is 6.79 Å². The highest BCUT2D eigenvalue weighted by Gasteiger charge is 2.34. The molecule has 0 aromatic heterocycles. The van der Waals surface area contributed by atoms with E-state index in [9.17, 15) is 9.90 Å². The Morgan fingerprint density at radius 1 is 1.41 bits per heavy atom. The van der Waals surface area contributed by atoms with E-state index in [-0.39, 0.29) is 19.0 Å². The third kappa shape index (κ3) is 2.00. The van der Waals surface area contributed by atoms with Crippen LogP contribution in [0.15, 0.2) is 12.1 Å². The molecule has 1 aliphatic heterocycles. The monoisotopic (exact) mass is 238 g/mol. The Bertz CT molecular complexity index is 464. The molecule has 0 unspecified atom stereocenters. The van der Waals surface area contributed by atoms with Crippen LogP contribution in [0.1, 0.15) is 25.8 Å². The van der Waals surface area contributed by atoms with Gasteiger partial charge in [0.1, 0.15) is 5.75 Å². The largest absolute Gasteiger partial charge is 0.508 e. The number of aromatic hydroxyl groups is 1. The molecular weight excluding hydrogens is 224 g/mol. The molecule has 92 valence electrons. The first-order valence-electron chi connectivity index (χ1n) is 5.25. The fourth-order valence-electron chi connectivity index (χ4n) is 2.08. The van der Waals surface area contributed by atoms with Crippen LogP contribution in [0, 0.1) is 0 Å². The molecular formula is C12H14O5. The van der Waals surface area contributed by atoms with Crippen LogP contribution < -0.4 is 9.47 Å². The average Bonchev–Trinajstić information content (AvgIpc) is 2.61. The first-order chi connectivity index (χ1) is 7.92. The number of hydrogen-bond donors (Lipinski definition) is 2. The van der Waals surface area contributed by atoms with Crippen LogP contribution in [-0.4, -0.2) is 23.0 Å². The van der Waals surface area contributed by atoms with Crippen LogP contribution in [0.3, 0.4) is 0 Å². The Labute approximate surface area is 98.6 Å². The highest BCUT2D eigenvalue weighted by molar-refractivity contribution is 5.70. The number of carbonyl (C=O) groups is 1. The predicted octanol–water partition coefficient (Wildman–Crippen LogP) is 1.87. The molecule has 5 heteroatoms. The zero-order valence-electron chi connectivity index (χ0n) is 9.69. The van der Waals surface area contributed by atoms with Gasteiger partial charge >= 0.3 is 5.97 Å². The summed E-state index contributed by atoms with van der Waals surface area (Å²) in [5.41, 5.74) is -0.246. The summed E-state index contributed by atoms with van der Waals surface area (Å²) in [6.45, 7) is 3.59. The molecule has 0 saturated carbocycles. The topological polar surface area (TPSA) is 76.0 Å². The smallest absolute Gasteiger partial charge is 0.304 e. The summed E-state index contributed by atoms with van der Waals surface area (Å²) in [7, 11) is 0. The van der Waals surface area contributed by atoms with Crippen molar-refractivity contribution in [1.82, 2.24) is 0 Å². The summed E-state index contributed by atoms with van der Waals surface area (Å²) >= 11 is 0. The molecule has 0 bridgehead atoms. The average molecular weight is 238 g/mol.